The molecule has 3 aromatic rings. The van der Waals surface area contributed by atoms with Crippen molar-refractivity contribution in [2.75, 3.05) is 18.4 Å². The van der Waals surface area contributed by atoms with Gasteiger partial charge >= 0.3 is 0 Å². The molecular formula is C27H30N4O3. The van der Waals surface area contributed by atoms with Crippen molar-refractivity contribution in [3.05, 3.63) is 99.5 Å². The fourth-order valence-electron chi connectivity index (χ4n) is 4.42. The minimum atomic E-state index is -0.434. The topological polar surface area (TPSA) is 97.4 Å². The second kappa shape index (κ2) is 10.5. The van der Waals surface area contributed by atoms with Crippen molar-refractivity contribution in [3.8, 4) is 0 Å². The van der Waals surface area contributed by atoms with Crippen LogP contribution in [-0.4, -0.2) is 34.4 Å². The van der Waals surface area contributed by atoms with E-state index in [1.807, 2.05) is 55.5 Å². The minimum Gasteiger partial charge on any atom is -0.369 e. The molecule has 1 aliphatic heterocycles. The summed E-state index contributed by atoms with van der Waals surface area (Å²) in [6, 6.07) is 18.8. The van der Waals surface area contributed by atoms with Crippen LogP contribution in [0.4, 0.5) is 5.69 Å². The number of hydrogen-bond acceptors (Lipinski definition) is 4. The number of rotatable bonds is 7. The molecule has 1 fully saturated rings. The first kappa shape index (κ1) is 23.4. The van der Waals surface area contributed by atoms with Gasteiger partial charge in [-0.1, -0.05) is 42.0 Å². The number of nitrogens with one attached hydrogen (secondary N) is 1. The predicted molar refractivity (Wildman–Crippen MR) is 133 cm³/mol. The summed E-state index contributed by atoms with van der Waals surface area (Å²) in [5.41, 5.74) is 9.08. The van der Waals surface area contributed by atoms with Crippen molar-refractivity contribution in [3.63, 3.8) is 0 Å². The standard InChI is InChI=1S/C27H30N4O3/c1-19-5-2-6-21(15-19)17-31-14-4-8-24(27(31)34)26(33)29-23-11-9-20(10-12-23)16-30-13-3-7-22(18-30)25(28)32/h2,4-6,8-12,14-15,22H,3,7,13,16-18H2,1H3,(H2,28,32)(H,29,33). The first-order valence-electron chi connectivity index (χ1n) is 11.6. The predicted octanol–water partition coefficient (Wildman–Crippen LogP) is 3.15. The fraction of sp³-hybridized carbons (Fsp3) is 0.296. The number of nitrogens with two attached hydrogens (primary N) is 1. The highest BCUT2D eigenvalue weighted by molar-refractivity contribution is 6.03. The second-order valence-electron chi connectivity index (χ2n) is 8.97. The highest BCUT2D eigenvalue weighted by Gasteiger charge is 2.23. The minimum absolute atomic E-state index is 0.0897. The van der Waals surface area contributed by atoms with Gasteiger partial charge in [-0.05, 0) is 61.7 Å². The lowest BCUT2D eigenvalue weighted by Gasteiger charge is -2.31. The zero-order chi connectivity index (χ0) is 24.1. The maximum atomic E-state index is 12.9. The number of pyridine rings is 1. The van der Waals surface area contributed by atoms with E-state index in [0.29, 0.717) is 18.8 Å². The Morgan fingerprint density at radius 2 is 1.82 bits per heavy atom. The van der Waals surface area contributed by atoms with Crippen LogP contribution in [0.3, 0.4) is 0 Å². The van der Waals surface area contributed by atoms with E-state index in [-0.39, 0.29) is 22.9 Å². The number of likely N-dealkylation sites (tertiary alicyclic amines) is 1. The molecule has 2 aromatic carbocycles. The molecule has 0 spiro atoms. The first-order chi connectivity index (χ1) is 16.4. The van der Waals surface area contributed by atoms with Gasteiger partial charge in [-0.15, -0.1) is 0 Å². The van der Waals surface area contributed by atoms with Crippen LogP contribution >= 0.6 is 0 Å². The van der Waals surface area contributed by atoms with Crippen LogP contribution in [0.1, 0.15) is 39.9 Å². The largest absolute Gasteiger partial charge is 0.369 e. The van der Waals surface area contributed by atoms with Gasteiger partial charge < -0.3 is 15.6 Å². The summed E-state index contributed by atoms with van der Waals surface area (Å²) >= 11 is 0. The van der Waals surface area contributed by atoms with Gasteiger partial charge in [0, 0.05) is 25.0 Å². The highest BCUT2D eigenvalue weighted by Crippen LogP contribution is 2.19. The molecule has 2 amide bonds. The van der Waals surface area contributed by atoms with Crippen molar-refractivity contribution in [2.45, 2.75) is 32.9 Å². The molecule has 1 atom stereocenters. The number of piperidine rings is 1. The molecule has 1 aromatic heterocycles. The number of amides is 2. The number of aryl methyl sites for hydroxylation is 1. The Morgan fingerprint density at radius 1 is 1.03 bits per heavy atom. The summed E-state index contributed by atoms with van der Waals surface area (Å²) < 4.78 is 1.55. The van der Waals surface area contributed by atoms with Gasteiger partial charge in [0.25, 0.3) is 11.5 Å². The van der Waals surface area contributed by atoms with E-state index in [2.05, 4.69) is 10.2 Å². The Morgan fingerprint density at radius 3 is 2.56 bits per heavy atom. The van der Waals surface area contributed by atoms with Crippen molar-refractivity contribution in [1.29, 1.82) is 0 Å². The maximum absolute atomic E-state index is 12.9. The Bertz CT molecular complexity index is 1230. The van der Waals surface area contributed by atoms with Gasteiger partial charge in [0.2, 0.25) is 5.91 Å². The first-order valence-corrected chi connectivity index (χ1v) is 11.6. The lowest BCUT2D eigenvalue weighted by Crippen LogP contribution is -2.40. The van der Waals surface area contributed by atoms with E-state index in [1.165, 1.54) is 0 Å². The van der Waals surface area contributed by atoms with Gasteiger partial charge in [0.15, 0.2) is 0 Å². The molecule has 2 heterocycles. The monoisotopic (exact) mass is 458 g/mol. The summed E-state index contributed by atoms with van der Waals surface area (Å²) in [4.78, 5) is 39.4. The van der Waals surface area contributed by atoms with E-state index in [4.69, 9.17) is 5.73 Å². The number of nitrogens with zero attached hydrogens (tertiary/aromatic N) is 2. The quantitative estimate of drug-likeness (QED) is 0.568. The third kappa shape index (κ3) is 5.80. The molecule has 0 bridgehead atoms. The van der Waals surface area contributed by atoms with Crippen LogP contribution < -0.4 is 16.6 Å². The summed E-state index contributed by atoms with van der Waals surface area (Å²) in [6.07, 6.45) is 3.50. The molecule has 3 N–H and O–H groups in total. The Balaban J connectivity index is 1.40. The van der Waals surface area contributed by atoms with Crippen LogP contribution in [-0.2, 0) is 17.9 Å². The highest BCUT2D eigenvalue weighted by atomic mass is 16.2. The van der Waals surface area contributed by atoms with E-state index < -0.39 is 5.91 Å². The molecular weight excluding hydrogens is 428 g/mol. The molecule has 1 aliphatic rings. The molecule has 1 unspecified atom stereocenters. The summed E-state index contributed by atoms with van der Waals surface area (Å²) in [6.45, 7) is 4.75. The molecule has 4 rings (SSSR count). The van der Waals surface area contributed by atoms with E-state index in [0.717, 1.165) is 42.6 Å². The smallest absolute Gasteiger partial charge is 0.263 e. The van der Waals surface area contributed by atoms with Gasteiger partial charge in [0.05, 0.1) is 12.5 Å². The second-order valence-corrected chi connectivity index (χ2v) is 8.97. The number of carbonyl (C=O) groups excluding carboxylic acids is 2. The molecule has 7 nitrogen and oxygen atoms in total. The lowest BCUT2D eigenvalue weighted by atomic mass is 9.97. The number of benzene rings is 2. The molecule has 0 aliphatic carbocycles. The Kier molecular flexibility index (Phi) is 7.23. The molecule has 176 valence electrons. The molecule has 0 radical (unpaired) electrons. The van der Waals surface area contributed by atoms with Crippen LogP contribution in [0.25, 0.3) is 0 Å². The van der Waals surface area contributed by atoms with Crippen molar-refractivity contribution < 1.29 is 9.59 Å². The SMILES string of the molecule is Cc1cccc(Cn2cccc(C(=O)Nc3ccc(CN4CCCC(C(N)=O)C4)cc3)c2=O)c1. The number of carbonyl (C=O) groups is 2. The molecule has 34 heavy (non-hydrogen) atoms. The van der Waals surface area contributed by atoms with Crippen molar-refractivity contribution in [2.24, 2.45) is 11.7 Å². The van der Waals surface area contributed by atoms with Crippen molar-refractivity contribution in [1.82, 2.24) is 9.47 Å². The summed E-state index contributed by atoms with van der Waals surface area (Å²) in [5, 5.41) is 2.83. The van der Waals surface area contributed by atoms with Crippen LogP contribution in [0, 0.1) is 12.8 Å². The number of aromatic nitrogens is 1. The Hall–Kier alpha value is -3.71. The molecule has 0 saturated carbocycles. The Labute approximate surface area is 199 Å². The van der Waals surface area contributed by atoms with Gasteiger partial charge in [-0.3, -0.25) is 19.3 Å². The fourth-order valence-corrected chi connectivity index (χ4v) is 4.42. The van der Waals surface area contributed by atoms with Crippen LogP contribution in [0.2, 0.25) is 0 Å². The average molecular weight is 459 g/mol. The van der Waals surface area contributed by atoms with Gasteiger partial charge in [-0.2, -0.15) is 0 Å². The van der Waals surface area contributed by atoms with Crippen molar-refractivity contribution >= 4 is 17.5 Å². The zero-order valence-electron chi connectivity index (χ0n) is 19.4. The third-order valence-electron chi connectivity index (χ3n) is 6.23. The lowest BCUT2D eigenvalue weighted by molar-refractivity contribution is -0.123. The average Bonchev–Trinajstić information content (AvgIpc) is 2.82. The summed E-state index contributed by atoms with van der Waals surface area (Å²) in [7, 11) is 0. The van der Waals surface area contributed by atoms with E-state index in [1.54, 1.807) is 22.9 Å². The van der Waals surface area contributed by atoms with Crippen LogP contribution in [0.15, 0.2) is 71.7 Å². The van der Waals surface area contributed by atoms with Gasteiger partial charge in [-0.25, -0.2) is 0 Å². The van der Waals surface area contributed by atoms with Crippen LogP contribution in [0.5, 0.6) is 0 Å². The summed E-state index contributed by atoms with van der Waals surface area (Å²) in [5.74, 6) is -0.758. The van der Waals surface area contributed by atoms with E-state index in [9.17, 15) is 14.4 Å². The maximum Gasteiger partial charge on any atom is 0.263 e. The number of anilines is 1. The number of hydrogen-bond donors (Lipinski definition) is 2. The molecule has 1 saturated heterocycles. The van der Waals surface area contributed by atoms with Gasteiger partial charge in [0.1, 0.15) is 5.56 Å². The third-order valence-corrected chi connectivity index (χ3v) is 6.23. The molecule has 7 heteroatoms. The normalized spacial score (nSPS) is 16.2. The number of primary amides is 1. The van der Waals surface area contributed by atoms with E-state index >= 15 is 0 Å². The zero-order valence-corrected chi connectivity index (χ0v) is 19.4.